The average Bonchev–Trinajstić information content (AvgIpc) is 2.60. The summed E-state index contributed by atoms with van der Waals surface area (Å²) in [7, 11) is 0. The summed E-state index contributed by atoms with van der Waals surface area (Å²) in [4.78, 5) is 30.3. The van der Waals surface area contributed by atoms with E-state index in [2.05, 4.69) is 4.98 Å². The van der Waals surface area contributed by atoms with Gasteiger partial charge in [0.25, 0.3) is 5.91 Å². The van der Waals surface area contributed by atoms with E-state index in [0.717, 1.165) is 30.3 Å². The molecule has 2 amide bonds. The minimum absolute atomic E-state index is 0.240. The Labute approximate surface area is 159 Å². The number of carbonyl (C=O) groups is 2. The number of benzene rings is 1. The predicted molar refractivity (Wildman–Crippen MR) is 104 cm³/mol. The summed E-state index contributed by atoms with van der Waals surface area (Å²) in [5.74, 6) is -0.00899. The molecular weight excluding hydrogens is 342 g/mol. The van der Waals surface area contributed by atoms with Crippen LogP contribution in [-0.4, -0.2) is 40.6 Å². The topological polar surface area (TPSA) is 85.5 Å². The highest BCUT2D eigenvalue weighted by Gasteiger charge is 2.27. The van der Waals surface area contributed by atoms with Crippen molar-refractivity contribution in [2.45, 2.75) is 45.6 Å². The van der Waals surface area contributed by atoms with E-state index in [1.54, 1.807) is 11.0 Å². The number of nitrogens with zero attached hydrogens (tertiary/aromatic N) is 2. The molecule has 1 aliphatic heterocycles. The van der Waals surface area contributed by atoms with Gasteiger partial charge in [-0.05, 0) is 58.1 Å². The Bertz CT molecular complexity index is 849. The van der Waals surface area contributed by atoms with Crippen LogP contribution in [0.4, 0.5) is 4.79 Å². The molecule has 1 aromatic carbocycles. The maximum Gasteiger partial charge on any atom is 0.410 e. The maximum absolute atomic E-state index is 12.2. The number of hydrogen-bond donors (Lipinski definition) is 1. The quantitative estimate of drug-likeness (QED) is 0.897. The van der Waals surface area contributed by atoms with E-state index < -0.39 is 11.5 Å². The molecule has 1 saturated heterocycles. The third-order valence-corrected chi connectivity index (χ3v) is 4.81. The van der Waals surface area contributed by atoms with Gasteiger partial charge in [-0.3, -0.25) is 9.78 Å². The normalized spacial score (nSPS) is 15.7. The fourth-order valence-corrected chi connectivity index (χ4v) is 3.44. The number of primary amides is 1. The van der Waals surface area contributed by atoms with E-state index in [1.807, 2.05) is 45.0 Å². The van der Waals surface area contributed by atoms with Gasteiger partial charge in [0, 0.05) is 24.2 Å². The summed E-state index contributed by atoms with van der Waals surface area (Å²) >= 11 is 0. The van der Waals surface area contributed by atoms with Gasteiger partial charge in [-0.2, -0.15) is 0 Å². The van der Waals surface area contributed by atoms with Crippen molar-refractivity contribution >= 4 is 22.9 Å². The molecule has 0 atom stereocenters. The minimum Gasteiger partial charge on any atom is -0.444 e. The van der Waals surface area contributed by atoms with Crippen molar-refractivity contribution in [1.29, 1.82) is 0 Å². The number of hydrogen-bond acceptors (Lipinski definition) is 4. The molecule has 1 fully saturated rings. The monoisotopic (exact) mass is 369 g/mol. The van der Waals surface area contributed by atoms with Crippen LogP contribution in [0.5, 0.6) is 0 Å². The standard InChI is InChI=1S/C21H27N3O3/c1-21(2,3)27-20(26)24-11-9-14(10-12-24)13-16-8-7-15-5-4-6-17(19(22)25)18(15)23-16/h4-8,14H,9-13H2,1-3H3,(H2,22,25). The van der Waals surface area contributed by atoms with E-state index in [-0.39, 0.29) is 6.09 Å². The summed E-state index contributed by atoms with van der Waals surface area (Å²) < 4.78 is 5.45. The Hall–Kier alpha value is -2.63. The van der Waals surface area contributed by atoms with E-state index >= 15 is 0 Å². The third kappa shape index (κ3) is 4.76. The lowest BCUT2D eigenvalue weighted by molar-refractivity contribution is 0.0184. The van der Waals surface area contributed by atoms with E-state index in [1.165, 1.54) is 0 Å². The number of pyridine rings is 1. The molecule has 2 N–H and O–H groups in total. The number of aromatic nitrogens is 1. The largest absolute Gasteiger partial charge is 0.444 e. The van der Waals surface area contributed by atoms with Gasteiger partial charge in [0.15, 0.2) is 0 Å². The van der Waals surface area contributed by atoms with Gasteiger partial charge in [-0.1, -0.05) is 18.2 Å². The molecule has 0 radical (unpaired) electrons. The van der Waals surface area contributed by atoms with Gasteiger partial charge < -0.3 is 15.4 Å². The van der Waals surface area contributed by atoms with Crippen LogP contribution in [0.1, 0.15) is 49.7 Å². The van der Waals surface area contributed by atoms with Crippen molar-refractivity contribution in [1.82, 2.24) is 9.88 Å². The van der Waals surface area contributed by atoms with Crippen LogP contribution in [-0.2, 0) is 11.2 Å². The van der Waals surface area contributed by atoms with Gasteiger partial charge in [0.1, 0.15) is 5.60 Å². The second kappa shape index (κ2) is 7.55. The molecule has 3 rings (SSSR count). The van der Waals surface area contributed by atoms with Crippen LogP contribution in [0, 0.1) is 5.92 Å². The Morgan fingerprint density at radius 3 is 2.52 bits per heavy atom. The molecule has 0 saturated carbocycles. The SMILES string of the molecule is CC(C)(C)OC(=O)N1CCC(Cc2ccc3cccc(C(N)=O)c3n2)CC1. The van der Waals surface area contributed by atoms with Crippen LogP contribution >= 0.6 is 0 Å². The van der Waals surface area contributed by atoms with Gasteiger partial charge in [0.2, 0.25) is 0 Å². The lowest BCUT2D eigenvalue weighted by Crippen LogP contribution is -2.42. The fraction of sp³-hybridized carbons (Fsp3) is 0.476. The number of para-hydroxylation sites is 1. The van der Waals surface area contributed by atoms with Crippen molar-refractivity contribution in [2.75, 3.05) is 13.1 Å². The van der Waals surface area contributed by atoms with Crippen molar-refractivity contribution in [3.05, 3.63) is 41.6 Å². The number of fused-ring (bicyclic) bond motifs is 1. The zero-order valence-corrected chi connectivity index (χ0v) is 16.2. The van der Waals surface area contributed by atoms with Gasteiger partial charge >= 0.3 is 6.09 Å². The summed E-state index contributed by atoms with van der Waals surface area (Å²) in [6.07, 6.45) is 2.41. The minimum atomic E-state index is -0.471. The molecule has 1 aliphatic rings. The fourth-order valence-electron chi connectivity index (χ4n) is 3.44. The highest BCUT2D eigenvalue weighted by atomic mass is 16.6. The first-order chi connectivity index (χ1) is 12.7. The van der Waals surface area contributed by atoms with Crippen LogP contribution in [0.15, 0.2) is 30.3 Å². The lowest BCUT2D eigenvalue weighted by Gasteiger charge is -2.33. The number of likely N-dealkylation sites (tertiary alicyclic amines) is 1. The highest BCUT2D eigenvalue weighted by molar-refractivity contribution is 6.04. The predicted octanol–water partition coefficient (Wildman–Crippen LogP) is 3.52. The van der Waals surface area contributed by atoms with E-state index in [9.17, 15) is 9.59 Å². The van der Waals surface area contributed by atoms with E-state index in [0.29, 0.717) is 30.1 Å². The van der Waals surface area contributed by atoms with Gasteiger partial charge in [0.05, 0.1) is 11.1 Å². The first-order valence-corrected chi connectivity index (χ1v) is 9.39. The lowest BCUT2D eigenvalue weighted by atomic mass is 9.92. The third-order valence-electron chi connectivity index (χ3n) is 4.81. The van der Waals surface area contributed by atoms with Gasteiger partial charge in [-0.15, -0.1) is 0 Å². The van der Waals surface area contributed by atoms with Crippen molar-refractivity contribution in [3.8, 4) is 0 Å². The molecule has 6 nitrogen and oxygen atoms in total. The zero-order chi connectivity index (χ0) is 19.6. The zero-order valence-electron chi connectivity index (χ0n) is 16.2. The number of piperidine rings is 1. The molecule has 2 heterocycles. The summed E-state index contributed by atoms with van der Waals surface area (Å²) in [6, 6.07) is 9.45. The molecular formula is C21H27N3O3. The number of ether oxygens (including phenoxy) is 1. The first-order valence-electron chi connectivity index (χ1n) is 9.39. The first kappa shape index (κ1) is 19.1. The molecule has 6 heteroatoms. The molecule has 144 valence electrons. The van der Waals surface area contributed by atoms with E-state index in [4.69, 9.17) is 10.5 Å². The Kier molecular flexibility index (Phi) is 5.35. The Morgan fingerprint density at radius 2 is 1.89 bits per heavy atom. The van der Waals surface area contributed by atoms with Crippen LogP contribution < -0.4 is 5.73 Å². The van der Waals surface area contributed by atoms with Crippen LogP contribution in [0.25, 0.3) is 10.9 Å². The van der Waals surface area contributed by atoms with Crippen molar-refractivity contribution in [2.24, 2.45) is 11.7 Å². The second-order valence-corrected chi connectivity index (χ2v) is 8.16. The van der Waals surface area contributed by atoms with Crippen LogP contribution in [0.2, 0.25) is 0 Å². The second-order valence-electron chi connectivity index (χ2n) is 8.16. The molecule has 0 bridgehead atoms. The van der Waals surface area contributed by atoms with Crippen molar-refractivity contribution < 1.29 is 14.3 Å². The summed E-state index contributed by atoms with van der Waals surface area (Å²) in [5.41, 5.74) is 7.07. The maximum atomic E-state index is 12.2. The number of rotatable bonds is 3. The average molecular weight is 369 g/mol. The molecule has 27 heavy (non-hydrogen) atoms. The number of carbonyl (C=O) groups excluding carboxylic acids is 2. The molecule has 0 unspecified atom stereocenters. The van der Waals surface area contributed by atoms with Crippen LogP contribution in [0.3, 0.4) is 0 Å². The molecule has 2 aromatic rings. The Balaban J connectivity index is 1.65. The number of amides is 2. The smallest absolute Gasteiger partial charge is 0.410 e. The highest BCUT2D eigenvalue weighted by Crippen LogP contribution is 2.24. The summed E-state index contributed by atoms with van der Waals surface area (Å²) in [5, 5.41) is 0.912. The van der Waals surface area contributed by atoms with Gasteiger partial charge in [-0.25, -0.2) is 4.79 Å². The number of nitrogens with two attached hydrogens (primary N) is 1. The summed E-state index contributed by atoms with van der Waals surface area (Å²) in [6.45, 7) is 7.02. The molecule has 1 aromatic heterocycles. The molecule has 0 spiro atoms. The van der Waals surface area contributed by atoms with Crippen molar-refractivity contribution in [3.63, 3.8) is 0 Å². The Morgan fingerprint density at radius 1 is 1.19 bits per heavy atom. The molecule has 0 aliphatic carbocycles.